The first-order valence-corrected chi connectivity index (χ1v) is 9.15. The smallest absolute Gasteiger partial charge is 0.344 e. The predicted octanol–water partition coefficient (Wildman–Crippen LogP) is 3.96. The fraction of sp³-hybridized carbons (Fsp3) is 0.190. The maximum Gasteiger partial charge on any atom is 0.344 e. The number of halogens is 2. The first-order chi connectivity index (χ1) is 13.8. The van der Waals surface area contributed by atoms with Crippen molar-refractivity contribution in [1.29, 1.82) is 0 Å². The number of nitrogens with zero attached hydrogens (tertiary/aromatic N) is 3. The van der Waals surface area contributed by atoms with Crippen LogP contribution in [0.25, 0.3) is 5.69 Å². The lowest BCUT2D eigenvalue weighted by molar-refractivity contribution is -0.138. The molecular weight excluding hydrogens is 397 g/mol. The van der Waals surface area contributed by atoms with E-state index in [1.165, 1.54) is 33.8 Å². The minimum Gasteiger partial charge on any atom is -0.444 e. The standard InChI is InChI=1S/C21H19ClFN3O3/c1-13-17(19(22)26(24-13)16-11-9-15(23)10-12-16)21(28)29-18(20(27)25(2)3)14-7-5-4-6-8-14/h4-12,18H,1-3H3/t18-/m0/s1. The van der Waals surface area contributed by atoms with Crippen molar-refractivity contribution in [3.8, 4) is 5.69 Å². The molecular formula is C21H19ClFN3O3. The van der Waals surface area contributed by atoms with Crippen molar-refractivity contribution in [1.82, 2.24) is 14.7 Å². The second-order valence-electron chi connectivity index (χ2n) is 6.57. The summed E-state index contributed by atoms with van der Waals surface area (Å²) in [5.74, 6) is -1.56. The summed E-state index contributed by atoms with van der Waals surface area (Å²) in [4.78, 5) is 26.9. The van der Waals surface area contributed by atoms with Gasteiger partial charge in [-0.1, -0.05) is 41.9 Å². The quantitative estimate of drug-likeness (QED) is 0.592. The lowest BCUT2D eigenvalue weighted by Crippen LogP contribution is -2.31. The van der Waals surface area contributed by atoms with E-state index in [0.717, 1.165) is 0 Å². The Bertz CT molecular complexity index is 1030. The predicted molar refractivity (Wildman–Crippen MR) is 107 cm³/mol. The van der Waals surface area contributed by atoms with Gasteiger partial charge in [0.2, 0.25) is 6.10 Å². The molecule has 2 aromatic carbocycles. The average molecular weight is 416 g/mol. The van der Waals surface area contributed by atoms with E-state index in [9.17, 15) is 14.0 Å². The fourth-order valence-corrected chi connectivity index (χ4v) is 3.12. The van der Waals surface area contributed by atoms with Crippen molar-refractivity contribution in [2.45, 2.75) is 13.0 Å². The van der Waals surface area contributed by atoms with E-state index >= 15 is 0 Å². The second kappa shape index (κ2) is 8.45. The molecule has 150 valence electrons. The Morgan fingerprint density at radius 1 is 1.10 bits per heavy atom. The molecule has 6 nitrogen and oxygen atoms in total. The molecule has 0 saturated carbocycles. The second-order valence-corrected chi connectivity index (χ2v) is 6.93. The van der Waals surface area contributed by atoms with Crippen LogP contribution in [0.3, 0.4) is 0 Å². The number of carbonyl (C=O) groups excluding carboxylic acids is 2. The van der Waals surface area contributed by atoms with E-state index in [0.29, 0.717) is 16.9 Å². The molecule has 0 radical (unpaired) electrons. The van der Waals surface area contributed by atoms with Gasteiger partial charge in [-0.3, -0.25) is 4.79 Å². The normalized spacial score (nSPS) is 11.8. The summed E-state index contributed by atoms with van der Waals surface area (Å²) in [5.41, 5.74) is 1.40. The van der Waals surface area contributed by atoms with Gasteiger partial charge in [0.1, 0.15) is 16.5 Å². The molecule has 1 amide bonds. The summed E-state index contributed by atoms with van der Waals surface area (Å²) in [6.07, 6.45) is -1.12. The van der Waals surface area contributed by atoms with Crippen LogP contribution in [-0.4, -0.2) is 40.7 Å². The molecule has 0 spiro atoms. The zero-order valence-electron chi connectivity index (χ0n) is 16.1. The van der Waals surface area contributed by atoms with Crippen LogP contribution in [0.5, 0.6) is 0 Å². The van der Waals surface area contributed by atoms with Crippen LogP contribution in [-0.2, 0) is 9.53 Å². The number of hydrogen-bond acceptors (Lipinski definition) is 4. The SMILES string of the molecule is Cc1nn(-c2ccc(F)cc2)c(Cl)c1C(=O)O[C@H](C(=O)N(C)C)c1ccccc1. The summed E-state index contributed by atoms with van der Waals surface area (Å²) in [6, 6.07) is 14.2. The summed E-state index contributed by atoms with van der Waals surface area (Å²) >= 11 is 6.38. The Labute approximate surface area is 172 Å². The number of hydrogen-bond donors (Lipinski definition) is 0. The molecule has 0 bridgehead atoms. The summed E-state index contributed by atoms with van der Waals surface area (Å²) in [7, 11) is 3.16. The number of carbonyl (C=O) groups is 2. The molecule has 8 heteroatoms. The Kier molecular flexibility index (Phi) is 5.98. The van der Waals surface area contributed by atoms with Crippen molar-refractivity contribution < 1.29 is 18.7 Å². The Morgan fingerprint density at radius 3 is 2.31 bits per heavy atom. The van der Waals surface area contributed by atoms with Crippen molar-refractivity contribution in [2.24, 2.45) is 0 Å². The van der Waals surface area contributed by atoms with Crippen LogP contribution < -0.4 is 0 Å². The minimum atomic E-state index is -1.12. The van der Waals surface area contributed by atoms with Crippen LogP contribution >= 0.6 is 11.6 Å². The van der Waals surface area contributed by atoms with E-state index in [4.69, 9.17) is 16.3 Å². The zero-order valence-corrected chi connectivity index (χ0v) is 16.9. The maximum atomic E-state index is 13.2. The lowest BCUT2D eigenvalue weighted by Gasteiger charge is -2.21. The van der Waals surface area contributed by atoms with Crippen LogP contribution in [0.2, 0.25) is 5.15 Å². The molecule has 1 aromatic heterocycles. The number of esters is 1. The molecule has 3 rings (SSSR count). The number of aromatic nitrogens is 2. The zero-order chi connectivity index (χ0) is 21.1. The molecule has 0 fully saturated rings. The molecule has 0 aliphatic carbocycles. The minimum absolute atomic E-state index is 0.0169. The topological polar surface area (TPSA) is 64.4 Å². The van der Waals surface area contributed by atoms with Gasteiger partial charge in [-0.05, 0) is 31.2 Å². The van der Waals surface area contributed by atoms with Gasteiger partial charge in [0.25, 0.3) is 5.91 Å². The molecule has 1 atom stereocenters. The van der Waals surface area contributed by atoms with Gasteiger partial charge in [0, 0.05) is 19.7 Å². The van der Waals surface area contributed by atoms with Gasteiger partial charge in [-0.2, -0.15) is 5.10 Å². The number of amides is 1. The van der Waals surface area contributed by atoms with Crippen LogP contribution in [0.1, 0.15) is 27.7 Å². The van der Waals surface area contributed by atoms with Crippen molar-refractivity contribution >= 4 is 23.5 Å². The summed E-state index contributed by atoms with van der Waals surface area (Å²) in [5, 5.41) is 4.27. The van der Waals surface area contributed by atoms with Gasteiger partial charge in [0.15, 0.2) is 0 Å². The first kappa shape index (κ1) is 20.5. The number of ether oxygens (including phenoxy) is 1. The molecule has 3 aromatic rings. The van der Waals surface area contributed by atoms with E-state index in [1.54, 1.807) is 51.4 Å². The Balaban J connectivity index is 1.95. The molecule has 0 saturated heterocycles. The molecule has 1 heterocycles. The number of rotatable bonds is 5. The number of benzene rings is 2. The monoisotopic (exact) mass is 415 g/mol. The lowest BCUT2D eigenvalue weighted by atomic mass is 10.1. The molecule has 0 unspecified atom stereocenters. The van der Waals surface area contributed by atoms with E-state index in [1.807, 2.05) is 0 Å². The Morgan fingerprint density at radius 2 is 1.72 bits per heavy atom. The summed E-state index contributed by atoms with van der Waals surface area (Å²) < 4.78 is 20.1. The highest BCUT2D eigenvalue weighted by molar-refractivity contribution is 6.33. The molecule has 0 N–H and O–H groups in total. The highest BCUT2D eigenvalue weighted by Gasteiger charge is 2.30. The van der Waals surface area contributed by atoms with E-state index in [-0.39, 0.29) is 16.6 Å². The maximum absolute atomic E-state index is 13.2. The van der Waals surface area contributed by atoms with Gasteiger partial charge in [-0.25, -0.2) is 13.9 Å². The van der Waals surface area contributed by atoms with Gasteiger partial charge in [-0.15, -0.1) is 0 Å². The average Bonchev–Trinajstić information content (AvgIpc) is 3.00. The van der Waals surface area contributed by atoms with Crippen molar-refractivity contribution in [3.05, 3.63) is 82.4 Å². The third-order valence-corrected chi connectivity index (χ3v) is 4.62. The molecule has 29 heavy (non-hydrogen) atoms. The highest BCUT2D eigenvalue weighted by atomic mass is 35.5. The third kappa shape index (κ3) is 4.30. The van der Waals surface area contributed by atoms with Gasteiger partial charge < -0.3 is 9.64 Å². The summed E-state index contributed by atoms with van der Waals surface area (Å²) in [6.45, 7) is 1.60. The van der Waals surface area contributed by atoms with E-state index < -0.39 is 17.9 Å². The van der Waals surface area contributed by atoms with Crippen molar-refractivity contribution in [3.63, 3.8) is 0 Å². The van der Waals surface area contributed by atoms with Crippen LogP contribution in [0, 0.1) is 12.7 Å². The molecule has 0 aliphatic heterocycles. The fourth-order valence-electron chi connectivity index (χ4n) is 2.77. The van der Waals surface area contributed by atoms with Gasteiger partial charge in [0.05, 0.1) is 11.4 Å². The Hall–Kier alpha value is -3.19. The number of likely N-dealkylation sites (N-methyl/N-ethyl adjacent to an activating group) is 1. The number of aryl methyl sites for hydroxylation is 1. The highest BCUT2D eigenvalue weighted by Crippen LogP contribution is 2.27. The largest absolute Gasteiger partial charge is 0.444 e. The van der Waals surface area contributed by atoms with Crippen molar-refractivity contribution in [2.75, 3.05) is 14.1 Å². The third-order valence-electron chi connectivity index (χ3n) is 4.27. The van der Waals surface area contributed by atoms with E-state index in [2.05, 4.69) is 5.10 Å². The first-order valence-electron chi connectivity index (χ1n) is 8.77. The van der Waals surface area contributed by atoms with Crippen LogP contribution in [0.4, 0.5) is 4.39 Å². The molecule has 0 aliphatic rings. The van der Waals surface area contributed by atoms with Gasteiger partial charge >= 0.3 is 5.97 Å². The van der Waals surface area contributed by atoms with Crippen LogP contribution in [0.15, 0.2) is 54.6 Å².